The molecular formula is C22H23N7O. The van der Waals surface area contributed by atoms with Gasteiger partial charge in [-0.25, -0.2) is 9.97 Å². The van der Waals surface area contributed by atoms with Crippen molar-refractivity contribution in [3.8, 4) is 11.1 Å². The van der Waals surface area contributed by atoms with Gasteiger partial charge < -0.3 is 15.2 Å². The lowest BCUT2D eigenvalue weighted by Gasteiger charge is -2.39. The number of nitrogens with zero attached hydrogens (tertiary/aromatic N) is 5. The summed E-state index contributed by atoms with van der Waals surface area (Å²) >= 11 is 0. The SMILES string of the molecule is Cn1ncc2cc(-c3cnc4[nH]cnc4c3N3CCC4(CCNC4=O)CC3)ccc21. The van der Waals surface area contributed by atoms with Crippen LogP contribution in [0.3, 0.4) is 0 Å². The van der Waals surface area contributed by atoms with Gasteiger partial charge in [-0.1, -0.05) is 6.07 Å². The molecule has 0 atom stereocenters. The van der Waals surface area contributed by atoms with E-state index in [4.69, 9.17) is 0 Å². The van der Waals surface area contributed by atoms with E-state index in [0.717, 1.165) is 77.8 Å². The molecule has 0 saturated carbocycles. The van der Waals surface area contributed by atoms with Crippen LogP contribution in [0.15, 0.2) is 36.9 Å². The third-order valence-corrected chi connectivity index (χ3v) is 6.89. The third kappa shape index (κ3) is 2.46. The number of aryl methyl sites for hydroxylation is 1. The van der Waals surface area contributed by atoms with Crippen LogP contribution in [-0.2, 0) is 11.8 Å². The van der Waals surface area contributed by atoms with E-state index in [2.05, 4.69) is 48.5 Å². The number of carbonyl (C=O) groups is 1. The van der Waals surface area contributed by atoms with Crippen molar-refractivity contribution < 1.29 is 4.79 Å². The molecule has 1 spiro atoms. The van der Waals surface area contributed by atoms with Crippen LogP contribution in [0.5, 0.6) is 0 Å². The first-order chi connectivity index (χ1) is 14.6. The molecule has 2 N–H and O–H groups in total. The van der Waals surface area contributed by atoms with Gasteiger partial charge in [0, 0.05) is 43.8 Å². The van der Waals surface area contributed by atoms with Crippen molar-refractivity contribution in [3.63, 3.8) is 0 Å². The fourth-order valence-electron chi connectivity index (χ4n) is 5.09. The summed E-state index contributed by atoms with van der Waals surface area (Å²) in [6.07, 6.45) is 8.20. The molecule has 5 heterocycles. The first-order valence-corrected chi connectivity index (χ1v) is 10.4. The van der Waals surface area contributed by atoms with Gasteiger partial charge in [-0.15, -0.1) is 0 Å². The van der Waals surface area contributed by atoms with Crippen molar-refractivity contribution in [3.05, 3.63) is 36.9 Å². The number of aromatic amines is 1. The number of aromatic nitrogens is 5. The van der Waals surface area contributed by atoms with E-state index in [1.54, 1.807) is 6.33 Å². The van der Waals surface area contributed by atoms with Crippen molar-refractivity contribution in [2.75, 3.05) is 24.5 Å². The van der Waals surface area contributed by atoms with Gasteiger partial charge in [0.1, 0.15) is 5.52 Å². The molecule has 1 amide bonds. The molecule has 2 aliphatic heterocycles. The van der Waals surface area contributed by atoms with Crippen molar-refractivity contribution in [1.29, 1.82) is 0 Å². The number of H-pyrrole nitrogens is 1. The number of piperidine rings is 1. The van der Waals surface area contributed by atoms with Crippen LogP contribution in [0.25, 0.3) is 33.2 Å². The molecule has 4 aromatic rings. The number of nitrogens with one attached hydrogen (secondary N) is 2. The minimum absolute atomic E-state index is 0.191. The first-order valence-electron chi connectivity index (χ1n) is 10.4. The van der Waals surface area contributed by atoms with Crippen LogP contribution < -0.4 is 10.2 Å². The van der Waals surface area contributed by atoms with Gasteiger partial charge in [0.2, 0.25) is 5.91 Å². The van der Waals surface area contributed by atoms with Gasteiger partial charge in [-0.2, -0.15) is 5.10 Å². The lowest BCUT2D eigenvalue weighted by molar-refractivity contribution is -0.128. The number of anilines is 1. The van der Waals surface area contributed by atoms with Crippen LogP contribution >= 0.6 is 0 Å². The Hall–Kier alpha value is -3.42. The van der Waals surface area contributed by atoms with Crippen LogP contribution in [0, 0.1) is 5.41 Å². The highest BCUT2D eigenvalue weighted by Crippen LogP contribution is 2.43. The highest BCUT2D eigenvalue weighted by atomic mass is 16.2. The second kappa shape index (κ2) is 6.29. The molecule has 8 nitrogen and oxygen atoms in total. The Balaban J connectivity index is 1.44. The van der Waals surface area contributed by atoms with Crippen molar-refractivity contribution in [2.45, 2.75) is 19.3 Å². The molecule has 152 valence electrons. The topological polar surface area (TPSA) is 91.7 Å². The van der Waals surface area contributed by atoms with E-state index in [9.17, 15) is 4.79 Å². The van der Waals surface area contributed by atoms with Gasteiger partial charge in [0.15, 0.2) is 5.65 Å². The monoisotopic (exact) mass is 401 g/mol. The molecule has 1 aromatic carbocycles. The summed E-state index contributed by atoms with van der Waals surface area (Å²) in [7, 11) is 1.95. The summed E-state index contributed by atoms with van der Waals surface area (Å²) in [4.78, 5) is 27.1. The van der Waals surface area contributed by atoms with E-state index < -0.39 is 0 Å². The molecule has 0 bridgehead atoms. The normalized spacial score (nSPS) is 18.6. The molecular weight excluding hydrogens is 378 g/mol. The van der Waals surface area contributed by atoms with Crippen LogP contribution in [0.2, 0.25) is 0 Å². The van der Waals surface area contributed by atoms with E-state index in [1.165, 1.54) is 0 Å². The summed E-state index contributed by atoms with van der Waals surface area (Å²) in [5, 5.41) is 8.49. The smallest absolute Gasteiger partial charge is 0.226 e. The van der Waals surface area contributed by atoms with E-state index >= 15 is 0 Å². The van der Waals surface area contributed by atoms with Crippen LogP contribution in [0.4, 0.5) is 5.69 Å². The first kappa shape index (κ1) is 17.4. The molecule has 30 heavy (non-hydrogen) atoms. The molecule has 6 rings (SSSR count). The minimum atomic E-state index is -0.191. The third-order valence-electron chi connectivity index (χ3n) is 6.89. The van der Waals surface area contributed by atoms with Crippen molar-refractivity contribution in [1.82, 2.24) is 30.0 Å². The minimum Gasteiger partial charge on any atom is -0.369 e. The van der Waals surface area contributed by atoms with Gasteiger partial charge >= 0.3 is 0 Å². The molecule has 2 fully saturated rings. The predicted molar refractivity (Wildman–Crippen MR) is 115 cm³/mol. The number of benzene rings is 1. The Bertz CT molecular complexity index is 1280. The second-order valence-corrected chi connectivity index (χ2v) is 8.44. The van der Waals surface area contributed by atoms with Crippen molar-refractivity contribution >= 4 is 33.7 Å². The lowest BCUT2D eigenvalue weighted by Crippen LogP contribution is -2.44. The molecule has 0 aliphatic carbocycles. The lowest BCUT2D eigenvalue weighted by atomic mass is 9.77. The van der Waals surface area contributed by atoms with Crippen molar-refractivity contribution in [2.24, 2.45) is 12.5 Å². The van der Waals surface area contributed by atoms with E-state index in [1.807, 2.05) is 24.1 Å². The van der Waals surface area contributed by atoms with E-state index in [0.29, 0.717) is 0 Å². The average Bonchev–Trinajstić information content (AvgIpc) is 3.48. The van der Waals surface area contributed by atoms with E-state index in [-0.39, 0.29) is 11.3 Å². The maximum absolute atomic E-state index is 12.4. The Morgan fingerprint density at radius 2 is 1.97 bits per heavy atom. The van der Waals surface area contributed by atoms with Gasteiger partial charge in [-0.05, 0) is 37.0 Å². The Kier molecular flexibility index (Phi) is 3.65. The van der Waals surface area contributed by atoms with Gasteiger partial charge in [0.05, 0.1) is 29.1 Å². The predicted octanol–water partition coefficient (Wildman–Crippen LogP) is 2.62. The summed E-state index contributed by atoms with van der Waals surface area (Å²) in [6.45, 7) is 2.47. The standard InChI is InChI=1S/C22H23N7O/c1-28-17-3-2-14(10-15(17)11-27-28)16-12-24-20-18(25-13-26-20)19(16)29-8-5-22(6-9-29)4-7-23-21(22)30/h2-3,10-13H,4-9H2,1H3,(H,23,30)(H,24,25,26). The molecule has 2 aliphatic rings. The number of pyridine rings is 1. The van der Waals surface area contributed by atoms with Crippen LogP contribution in [-0.4, -0.2) is 50.3 Å². The molecule has 0 unspecified atom stereocenters. The zero-order chi connectivity index (χ0) is 20.3. The number of hydrogen-bond acceptors (Lipinski definition) is 5. The van der Waals surface area contributed by atoms with Gasteiger partial charge in [-0.3, -0.25) is 9.48 Å². The highest BCUT2D eigenvalue weighted by Gasteiger charge is 2.44. The largest absolute Gasteiger partial charge is 0.369 e. The number of imidazole rings is 1. The summed E-state index contributed by atoms with van der Waals surface area (Å²) in [5.41, 5.74) is 5.83. The summed E-state index contributed by atoms with van der Waals surface area (Å²) in [5.74, 6) is 0.226. The average molecular weight is 401 g/mol. The molecule has 0 radical (unpaired) electrons. The highest BCUT2D eigenvalue weighted by molar-refractivity contribution is 5.98. The Morgan fingerprint density at radius 1 is 1.10 bits per heavy atom. The molecule has 3 aromatic heterocycles. The quantitative estimate of drug-likeness (QED) is 0.539. The maximum atomic E-state index is 12.4. The number of carbonyl (C=O) groups excluding carboxylic acids is 1. The number of fused-ring (bicyclic) bond motifs is 2. The summed E-state index contributed by atoms with van der Waals surface area (Å²) < 4.78 is 1.88. The maximum Gasteiger partial charge on any atom is 0.226 e. The molecule has 2 saturated heterocycles. The zero-order valence-electron chi connectivity index (χ0n) is 16.9. The number of hydrogen-bond donors (Lipinski definition) is 2. The second-order valence-electron chi connectivity index (χ2n) is 8.44. The number of rotatable bonds is 2. The fraction of sp³-hybridized carbons (Fsp3) is 0.364. The zero-order valence-corrected chi connectivity index (χ0v) is 16.9. The van der Waals surface area contributed by atoms with Gasteiger partial charge in [0.25, 0.3) is 0 Å². The Labute approximate surface area is 173 Å². The van der Waals surface area contributed by atoms with Crippen LogP contribution in [0.1, 0.15) is 19.3 Å². The Morgan fingerprint density at radius 3 is 2.77 bits per heavy atom. The molecule has 8 heteroatoms. The fourth-order valence-corrected chi connectivity index (χ4v) is 5.09. The summed E-state index contributed by atoms with van der Waals surface area (Å²) in [6, 6.07) is 6.39. The number of amides is 1.